The molecular formula is C27H34N2O5. The number of carboxylic acid groups (broad SMARTS) is 1. The predicted molar refractivity (Wildman–Crippen MR) is 131 cm³/mol. The zero-order chi connectivity index (χ0) is 24.5. The van der Waals surface area contributed by atoms with E-state index in [4.69, 9.17) is 9.84 Å². The Bertz CT molecular complexity index is 961. The van der Waals surface area contributed by atoms with Gasteiger partial charge in [0.25, 0.3) is 0 Å². The molecule has 0 radical (unpaired) electrons. The van der Waals surface area contributed by atoms with Crippen LogP contribution in [-0.2, 0) is 14.3 Å². The minimum Gasteiger partial charge on any atom is -0.481 e. The fraction of sp³-hybridized carbons (Fsp3) is 0.444. The number of unbranched alkanes of at least 4 members (excludes halogenated alkanes) is 1. The quantitative estimate of drug-likeness (QED) is 0.415. The summed E-state index contributed by atoms with van der Waals surface area (Å²) in [5, 5.41) is 14.6. The average molecular weight is 467 g/mol. The van der Waals surface area contributed by atoms with Crippen molar-refractivity contribution in [2.24, 2.45) is 0 Å². The molecule has 1 aliphatic carbocycles. The number of benzene rings is 2. The number of carbonyl (C=O) groups is 3. The number of alkyl carbamates (subject to hydrolysis) is 1. The van der Waals surface area contributed by atoms with Crippen LogP contribution in [0.15, 0.2) is 48.5 Å². The summed E-state index contributed by atoms with van der Waals surface area (Å²) in [6.45, 7) is 4.11. The highest BCUT2D eigenvalue weighted by Crippen LogP contribution is 2.44. The molecule has 0 saturated carbocycles. The van der Waals surface area contributed by atoms with E-state index < -0.39 is 24.1 Å². The van der Waals surface area contributed by atoms with Crippen molar-refractivity contribution in [3.05, 3.63) is 59.7 Å². The van der Waals surface area contributed by atoms with Crippen LogP contribution in [0.1, 0.15) is 69.4 Å². The van der Waals surface area contributed by atoms with Gasteiger partial charge in [0.2, 0.25) is 5.91 Å². The summed E-state index contributed by atoms with van der Waals surface area (Å²) in [5.74, 6) is -1.40. The lowest BCUT2D eigenvalue weighted by molar-refractivity contribution is -0.137. The molecule has 0 spiro atoms. The number of hydrogen-bond donors (Lipinski definition) is 3. The van der Waals surface area contributed by atoms with Gasteiger partial charge in [-0.05, 0) is 35.1 Å². The molecule has 34 heavy (non-hydrogen) atoms. The molecule has 0 saturated heterocycles. The van der Waals surface area contributed by atoms with Crippen molar-refractivity contribution in [3.63, 3.8) is 0 Å². The maximum Gasteiger partial charge on any atom is 0.407 e. The molecule has 0 unspecified atom stereocenters. The number of rotatable bonds is 12. The molecule has 0 bridgehead atoms. The lowest BCUT2D eigenvalue weighted by Crippen LogP contribution is -2.50. The first-order valence-corrected chi connectivity index (χ1v) is 12.1. The first kappa shape index (κ1) is 25.3. The third kappa shape index (κ3) is 6.37. The molecule has 1 aliphatic rings. The van der Waals surface area contributed by atoms with Gasteiger partial charge in [-0.1, -0.05) is 81.6 Å². The van der Waals surface area contributed by atoms with Gasteiger partial charge < -0.3 is 20.5 Å². The molecular weight excluding hydrogens is 432 g/mol. The van der Waals surface area contributed by atoms with Crippen molar-refractivity contribution in [1.29, 1.82) is 0 Å². The highest BCUT2D eigenvalue weighted by Gasteiger charge is 2.30. The number of carbonyl (C=O) groups excluding carboxylic acids is 2. The number of amides is 2. The molecule has 2 atom stereocenters. The molecule has 3 rings (SSSR count). The van der Waals surface area contributed by atoms with Crippen molar-refractivity contribution in [3.8, 4) is 11.1 Å². The third-order valence-corrected chi connectivity index (χ3v) is 6.20. The summed E-state index contributed by atoms with van der Waals surface area (Å²) in [4.78, 5) is 36.7. The van der Waals surface area contributed by atoms with Crippen molar-refractivity contribution < 1.29 is 24.2 Å². The number of fused-ring (bicyclic) bond motifs is 3. The molecule has 0 aromatic heterocycles. The maximum atomic E-state index is 12.9. The number of aliphatic carboxylic acids is 1. The summed E-state index contributed by atoms with van der Waals surface area (Å²) in [6.07, 6.45) is 2.58. The number of ether oxygens (including phenoxy) is 1. The van der Waals surface area contributed by atoms with E-state index in [2.05, 4.69) is 34.9 Å². The first-order chi connectivity index (χ1) is 16.4. The fourth-order valence-corrected chi connectivity index (χ4v) is 4.55. The van der Waals surface area contributed by atoms with Gasteiger partial charge in [-0.3, -0.25) is 9.59 Å². The molecule has 182 valence electrons. The predicted octanol–water partition coefficient (Wildman–Crippen LogP) is 4.84. The lowest BCUT2D eigenvalue weighted by Gasteiger charge is -2.23. The topological polar surface area (TPSA) is 105 Å². The van der Waals surface area contributed by atoms with Crippen LogP contribution < -0.4 is 10.6 Å². The van der Waals surface area contributed by atoms with E-state index >= 15 is 0 Å². The van der Waals surface area contributed by atoms with Crippen molar-refractivity contribution in [1.82, 2.24) is 10.6 Å². The summed E-state index contributed by atoms with van der Waals surface area (Å²) < 4.78 is 5.59. The monoisotopic (exact) mass is 466 g/mol. The Balaban J connectivity index is 1.64. The summed E-state index contributed by atoms with van der Waals surface area (Å²) in [6, 6.07) is 15.0. The van der Waals surface area contributed by atoms with Gasteiger partial charge in [-0.15, -0.1) is 0 Å². The summed E-state index contributed by atoms with van der Waals surface area (Å²) in [7, 11) is 0. The zero-order valence-electron chi connectivity index (χ0n) is 19.9. The van der Waals surface area contributed by atoms with Crippen molar-refractivity contribution in [2.45, 2.75) is 70.4 Å². The van der Waals surface area contributed by atoms with Gasteiger partial charge in [0.05, 0.1) is 6.42 Å². The van der Waals surface area contributed by atoms with Crippen LogP contribution in [0, 0.1) is 0 Å². The molecule has 7 nitrogen and oxygen atoms in total. The van der Waals surface area contributed by atoms with Crippen molar-refractivity contribution >= 4 is 18.0 Å². The Morgan fingerprint density at radius 3 is 2.09 bits per heavy atom. The number of carboxylic acids is 1. The Kier molecular flexibility index (Phi) is 9.08. The van der Waals surface area contributed by atoms with E-state index in [-0.39, 0.29) is 24.9 Å². The van der Waals surface area contributed by atoms with Crippen molar-refractivity contribution in [2.75, 3.05) is 6.61 Å². The molecule has 2 amide bonds. The largest absolute Gasteiger partial charge is 0.481 e. The molecule has 3 N–H and O–H groups in total. The molecule has 0 fully saturated rings. The second-order valence-electron chi connectivity index (χ2n) is 8.76. The van der Waals surface area contributed by atoms with Crippen LogP contribution in [0.3, 0.4) is 0 Å². The number of hydrogen-bond acceptors (Lipinski definition) is 4. The molecule has 0 aliphatic heterocycles. The standard InChI is InChI=1S/C27H34N2O5/c1-3-5-15-24(26(32)28-18(10-4-2)16-25(30)31)29-27(33)34-17-23-21-13-8-6-11-19(21)20-12-7-9-14-22(20)23/h6-9,11-14,18,23-24H,3-5,10,15-17H2,1-2H3,(H,28,32)(H,29,33)(H,30,31)/t18-,24-/m0/s1. The Hall–Kier alpha value is -3.35. The van der Waals surface area contributed by atoms with E-state index in [0.29, 0.717) is 12.8 Å². The van der Waals surface area contributed by atoms with Gasteiger partial charge in [0, 0.05) is 12.0 Å². The maximum absolute atomic E-state index is 12.9. The first-order valence-electron chi connectivity index (χ1n) is 12.1. The highest BCUT2D eigenvalue weighted by molar-refractivity contribution is 5.86. The SMILES string of the molecule is CCCC[C@H](NC(=O)OCC1c2ccccc2-c2ccccc21)C(=O)N[C@@H](CCC)CC(=O)O. The number of nitrogens with one attached hydrogen (secondary N) is 2. The van der Waals surface area contributed by atoms with Crippen LogP contribution >= 0.6 is 0 Å². The smallest absolute Gasteiger partial charge is 0.407 e. The summed E-state index contributed by atoms with van der Waals surface area (Å²) >= 11 is 0. The summed E-state index contributed by atoms with van der Waals surface area (Å²) in [5.41, 5.74) is 4.53. The molecule has 2 aromatic carbocycles. The third-order valence-electron chi connectivity index (χ3n) is 6.20. The van der Waals surface area contributed by atoms with Crippen LogP contribution in [0.5, 0.6) is 0 Å². The van der Waals surface area contributed by atoms with Gasteiger partial charge in [0.15, 0.2) is 0 Å². The van der Waals surface area contributed by atoms with Gasteiger partial charge in [0.1, 0.15) is 12.6 Å². The van der Waals surface area contributed by atoms with Gasteiger partial charge in [-0.25, -0.2) is 4.79 Å². The van der Waals surface area contributed by atoms with Gasteiger partial charge in [-0.2, -0.15) is 0 Å². The van der Waals surface area contributed by atoms with Crippen LogP contribution in [-0.4, -0.2) is 41.8 Å². The van der Waals surface area contributed by atoms with Gasteiger partial charge >= 0.3 is 12.1 Å². The molecule has 7 heteroatoms. The Labute approximate surface area is 200 Å². The van der Waals surface area contributed by atoms with E-state index in [1.807, 2.05) is 38.1 Å². The minimum absolute atomic E-state index is 0.0643. The Morgan fingerprint density at radius 1 is 0.912 bits per heavy atom. The Morgan fingerprint density at radius 2 is 1.53 bits per heavy atom. The van der Waals surface area contributed by atoms with E-state index in [0.717, 1.165) is 41.5 Å². The highest BCUT2D eigenvalue weighted by atomic mass is 16.5. The second-order valence-corrected chi connectivity index (χ2v) is 8.76. The molecule has 2 aromatic rings. The van der Waals surface area contributed by atoms with E-state index in [1.165, 1.54) is 0 Å². The minimum atomic E-state index is -0.964. The van der Waals surface area contributed by atoms with Crippen LogP contribution in [0.25, 0.3) is 11.1 Å². The van der Waals surface area contributed by atoms with E-state index in [1.54, 1.807) is 0 Å². The normalized spacial score (nSPS) is 13.9. The zero-order valence-corrected chi connectivity index (χ0v) is 19.9. The van der Waals surface area contributed by atoms with Crippen LogP contribution in [0.2, 0.25) is 0 Å². The molecule has 0 heterocycles. The fourth-order valence-electron chi connectivity index (χ4n) is 4.55. The van der Waals surface area contributed by atoms with E-state index in [9.17, 15) is 14.4 Å². The average Bonchev–Trinajstić information content (AvgIpc) is 3.14. The second kappa shape index (κ2) is 12.2. The van der Waals surface area contributed by atoms with Crippen LogP contribution in [0.4, 0.5) is 4.79 Å². The lowest BCUT2D eigenvalue weighted by atomic mass is 9.98.